The van der Waals surface area contributed by atoms with Gasteiger partial charge in [-0.05, 0) is 56.0 Å². The quantitative estimate of drug-likeness (QED) is 0.114. The van der Waals surface area contributed by atoms with E-state index in [-0.39, 0.29) is 17.9 Å². The molecule has 1 aliphatic rings. The van der Waals surface area contributed by atoms with Gasteiger partial charge in [0.2, 0.25) is 0 Å². The summed E-state index contributed by atoms with van der Waals surface area (Å²) in [5.41, 5.74) is 1.06. The number of carbonyl (C=O) groups is 2. The van der Waals surface area contributed by atoms with Gasteiger partial charge in [-0.1, -0.05) is 66.2 Å². The van der Waals surface area contributed by atoms with Crippen LogP contribution in [0.4, 0.5) is 0 Å². The fourth-order valence-corrected chi connectivity index (χ4v) is 9.19. The minimum absolute atomic E-state index is 0.183. The average molecular weight is 640 g/mol. The monoisotopic (exact) mass is 639 g/mol. The van der Waals surface area contributed by atoms with E-state index in [2.05, 4.69) is 45.2 Å². The highest BCUT2D eigenvalue weighted by Gasteiger charge is 2.41. The second-order valence-corrected chi connectivity index (χ2v) is 14.9. The first-order valence-corrected chi connectivity index (χ1v) is 18.6. The van der Waals surface area contributed by atoms with Crippen molar-refractivity contribution in [2.24, 2.45) is 11.8 Å². The van der Waals surface area contributed by atoms with Crippen LogP contribution in [0.1, 0.15) is 114 Å². The zero-order valence-electron chi connectivity index (χ0n) is 26.4. The summed E-state index contributed by atoms with van der Waals surface area (Å²) in [6.45, 7) is 14.1. The van der Waals surface area contributed by atoms with Gasteiger partial charge in [-0.3, -0.25) is 14.5 Å². The second-order valence-electron chi connectivity index (χ2n) is 12.1. The maximum Gasteiger partial charge on any atom is 0.263 e. The second kappa shape index (κ2) is 14.1. The van der Waals surface area contributed by atoms with Gasteiger partial charge < -0.3 is 9.47 Å². The van der Waals surface area contributed by atoms with Crippen molar-refractivity contribution in [1.29, 1.82) is 0 Å². The molecule has 0 saturated heterocycles. The summed E-state index contributed by atoms with van der Waals surface area (Å²) < 4.78 is 15.7. The lowest BCUT2D eigenvalue weighted by Crippen LogP contribution is -2.36. The van der Waals surface area contributed by atoms with Gasteiger partial charge in [0.05, 0.1) is 38.6 Å². The molecule has 2 amide bonds. The third kappa shape index (κ3) is 6.25. The third-order valence-electron chi connectivity index (χ3n) is 8.73. The number of nitrogens with zero attached hydrogens (tertiary/aromatic N) is 1. The molecule has 4 aromatic rings. The molecular formula is C35H45NO4S3. The number of hydrogen-bond acceptors (Lipinski definition) is 7. The Morgan fingerprint density at radius 1 is 0.814 bits per heavy atom. The van der Waals surface area contributed by atoms with Crippen LogP contribution in [0.5, 0.6) is 11.5 Å². The van der Waals surface area contributed by atoms with Crippen molar-refractivity contribution in [1.82, 2.24) is 4.90 Å². The lowest BCUT2D eigenvalue weighted by molar-refractivity contribution is 0.0609. The van der Waals surface area contributed by atoms with Gasteiger partial charge in [0.1, 0.15) is 11.5 Å². The Kier molecular flexibility index (Phi) is 10.5. The molecule has 0 aliphatic carbocycles. The number of benzene rings is 1. The van der Waals surface area contributed by atoms with Crippen LogP contribution in [-0.4, -0.2) is 36.0 Å². The molecule has 0 saturated carbocycles. The number of rotatable bonds is 16. The molecule has 2 unspecified atom stereocenters. The van der Waals surface area contributed by atoms with Crippen molar-refractivity contribution in [3.05, 3.63) is 34.0 Å². The Bertz CT molecular complexity index is 1510. The number of ether oxygens (including phenoxy) is 2. The molecule has 0 radical (unpaired) electrons. The van der Waals surface area contributed by atoms with E-state index in [4.69, 9.17) is 9.47 Å². The van der Waals surface area contributed by atoms with E-state index in [1.807, 2.05) is 19.2 Å². The van der Waals surface area contributed by atoms with Crippen LogP contribution < -0.4 is 9.47 Å². The van der Waals surface area contributed by atoms with Gasteiger partial charge in [-0.2, -0.15) is 0 Å². The molecule has 0 spiro atoms. The molecule has 0 N–H and O–H groups in total. The van der Waals surface area contributed by atoms with Gasteiger partial charge in [-0.25, -0.2) is 0 Å². The van der Waals surface area contributed by atoms with Crippen LogP contribution in [-0.2, 0) is 0 Å². The van der Waals surface area contributed by atoms with Crippen LogP contribution >= 0.6 is 34.0 Å². The Labute approximate surface area is 268 Å². The molecule has 8 heteroatoms. The van der Waals surface area contributed by atoms with Crippen molar-refractivity contribution in [3.8, 4) is 21.3 Å². The highest BCUT2D eigenvalue weighted by molar-refractivity contribution is 7.26. The van der Waals surface area contributed by atoms with E-state index in [0.717, 1.165) is 54.3 Å². The number of imide groups is 1. The number of amides is 2. The molecule has 5 rings (SSSR count). The molecule has 2 atom stereocenters. The van der Waals surface area contributed by atoms with Crippen LogP contribution in [0.3, 0.4) is 0 Å². The van der Waals surface area contributed by atoms with E-state index in [0.29, 0.717) is 36.2 Å². The van der Waals surface area contributed by atoms with Gasteiger partial charge in [-0.15, -0.1) is 34.0 Å². The number of unbranched alkanes of at least 4 members (excludes halogenated alkanes) is 2. The van der Waals surface area contributed by atoms with E-state index in [1.54, 1.807) is 22.7 Å². The summed E-state index contributed by atoms with van der Waals surface area (Å²) in [5, 5.41) is 6.12. The lowest BCUT2D eigenvalue weighted by Gasteiger charge is -2.19. The van der Waals surface area contributed by atoms with Crippen LogP contribution in [0, 0.1) is 11.8 Å². The van der Waals surface area contributed by atoms with Crippen LogP contribution in [0.15, 0.2) is 22.9 Å². The van der Waals surface area contributed by atoms with Crippen molar-refractivity contribution in [2.75, 3.05) is 13.2 Å². The topological polar surface area (TPSA) is 55.8 Å². The number of carbonyl (C=O) groups excluding carboxylic acids is 2. The molecule has 1 aromatic carbocycles. The molecule has 4 heterocycles. The van der Waals surface area contributed by atoms with E-state index >= 15 is 0 Å². The summed E-state index contributed by atoms with van der Waals surface area (Å²) in [4.78, 5) is 29.8. The van der Waals surface area contributed by atoms with Crippen molar-refractivity contribution < 1.29 is 19.1 Å². The zero-order valence-corrected chi connectivity index (χ0v) is 28.9. The average Bonchev–Trinajstić information content (AvgIpc) is 3.78. The molecule has 0 bridgehead atoms. The number of fused-ring (bicyclic) bond motifs is 3. The molecule has 1 aliphatic heterocycles. The SMILES string of the molecule is CCCCC(CC)COc1c2cc(-c3scc4c3C(=O)N(C(C)C)C4=O)sc2c(OCC(CC)CCCC)c2ccsc12. The molecule has 43 heavy (non-hydrogen) atoms. The van der Waals surface area contributed by atoms with Crippen LogP contribution in [0.2, 0.25) is 0 Å². The molecule has 232 valence electrons. The summed E-state index contributed by atoms with van der Waals surface area (Å²) in [7, 11) is 0. The maximum absolute atomic E-state index is 13.5. The van der Waals surface area contributed by atoms with Crippen molar-refractivity contribution in [3.63, 3.8) is 0 Å². The van der Waals surface area contributed by atoms with Gasteiger partial charge in [0.15, 0.2) is 0 Å². The Balaban J connectivity index is 1.61. The first-order chi connectivity index (χ1) is 20.8. The summed E-state index contributed by atoms with van der Waals surface area (Å²) in [6, 6.07) is 4.15. The fraction of sp³-hybridized carbons (Fsp3) is 0.543. The standard InChI is InChI=1S/C35H45NO4S3/c1-7-11-13-22(9-3)18-39-29-24-15-16-41-31(24)30(40-19-23(10-4)14-12-8-2)25-17-27(43-32(25)29)33-28-26(20-42-33)34(37)36(21(5)6)35(28)38/h15-17,20-23H,7-14,18-19H2,1-6H3. The minimum Gasteiger partial charge on any atom is -0.491 e. The molecular weight excluding hydrogens is 595 g/mol. The zero-order chi connectivity index (χ0) is 30.7. The fourth-order valence-electron chi connectivity index (χ4n) is 5.95. The van der Waals surface area contributed by atoms with E-state index in [1.165, 1.54) is 54.8 Å². The maximum atomic E-state index is 13.5. The predicted octanol–water partition coefficient (Wildman–Crippen LogP) is 11.0. The van der Waals surface area contributed by atoms with Gasteiger partial charge in [0.25, 0.3) is 11.8 Å². The highest BCUT2D eigenvalue weighted by Crippen LogP contribution is 2.52. The van der Waals surface area contributed by atoms with E-state index < -0.39 is 0 Å². The lowest BCUT2D eigenvalue weighted by atomic mass is 10.0. The third-order valence-corrected chi connectivity index (χ3v) is 11.9. The first-order valence-electron chi connectivity index (χ1n) is 16.1. The molecule has 3 aromatic heterocycles. The Hall–Kier alpha value is -2.42. The predicted molar refractivity (Wildman–Crippen MR) is 184 cm³/mol. The number of thiophene rings is 3. The number of hydrogen-bond donors (Lipinski definition) is 0. The Morgan fingerprint density at radius 2 is 1.44 bits per heavy atom. The van der Waals surface area contributed by atoms with Gasteiger partial charge in [0, 0.05) is 27.1 Å². The minimum atomic E-state index is -0.193. The summed E-state index contributed by atoms with van der Waals surface area (Å²) >= 11 is 4.84. The largest absolute Gasteiger partial charge is 0.491 e. The van der Waals surface area contributed by atoms with Crippen molar-refractivity contribution in [2.45, 2.75) is 99.0 Å². The molecule has 0 fully saturated rings. The smallest absolute Gasteiger partial charge is 0.263 e. The van der Waals surface area contributed by atoms with Gasteiger partial charge >= 0.3 is 0 Å². The first kappa shape index (κ1) is 32.0. The highest BCUT2D eigenvalue weighted by atomic mass is 32.1. The summed E-state index contributed by atoms with van der Waals surface area (Å²) in [6.07, 6.45) is 9.31. The normalized spacial score (nSPS) is 14.8. The van der Waals surface area contributed by atoms with Crippen molar-refractivity contribution >= 4 is 66.0 Å². The van der Waals surface area contributed by atoms with E-state index in [9.17, 15) is 9.59 Å². The molecule has 5 nitrogen and oxygen atoms in total. The Morgan fingerprint density at radius 3 is 2.02 bits per heavy atom. The summed E-state index contributed by atoms with van der Waals surface area (Å²) in [5.74, 6) is 2.47. The van der Waals surface area contributed by atoms with Crippen LogP contribution in [0.25, 0.3) is 29.9 Å².